The SMILES string of the molecule is CO[C@H](C[Se]c1ccccc1CN1[C@H]2COC(c3ccccc3)O[C@H]2[C@@H]2OC(c3ccccc3)OC[C@@H]21)c1ccccc1. The van der Waals surface area contributed by atoms with Crippen molar-refractivity contribution in [3.63, 3.8) is 0 Å². The number of hydrogen-bond donors (Lipinski definition) is 0. The summed E-state index contributed by atoms with van der Waals surface area (Å²) in [5.74, 6) is 0. The minimum atomic E-state index is -0.413. The van der Waals surface area contributed by atoms with Gasteiger partial charge in [0.25, 0.3) is 0 Å². The zero-order chi connectivity index (χ0) is 29.0. The van der Waals surface area contributed by atoms with E-state index in [1.165, 1.54) is 15.6 Å². The first kappa shape index (κ1) is 28.9. The van der Waals surface area contributed by atoms with Crippen LogP contribution >= 0.6 is 0 Å². The van der Waals surface area contributed by atoms with Crippen LogP contribution in [0.5, 0.6) is 0 Å². The summed E-state index contributed by atoms with van der Waals surface area (Å²) in [6.45, 7) is 1.93. The minimum absolute atomic E-state index is 0.0599. The third-order valence-electron chi connectivity index (χ3n) is 8.65. The molecule has 3 aliphatic rings. The Hall–Kier alpha value is -2.84. The summed E-state index contributed by atoms with van der Waals surface area (Å²) in [5, 5.41) is 0.971. The molecule has 0 amide bonds. The molecule has 222 valence electrons. The van der Waals surface area contributed by atoms with Crippen molar-refractivity contribution in [3.05, 3.63) is 138 Å². The zero-order valence-corrected chi connectivity index (χ0v) is 25.9. The number of likely N-dealkylation sites (tertiary alicyclic amines) is 1. The second-order valence-electron chi connectivity index (χ2n) is 11.2. The molecule has 7 heteroatoms. The van der Waals surface area contributed by atoms with Gasteiger partial charge < -0.3 is 0 Å². The maximum atomic E-state index is 6.73. The van der Waals surface area contributed by atoms with E-state index in [2.05, 4.69) is 83.8 Å². The molecule has 4 aromatic rings. The molecular formula is C36H37NO5Se. The first-order chi connectivity index (χ1) is 21.3. The Kier molecular flexibility index (Phi) is 9.03. The van der Waals surface area contributed by atoms with Gasteiger partial charge in [-0.05, 0) is 0 Å². The van der Waals surface area contributed by atoms with Crippen LogP contribution in [0.4, 0.5) is 0 Å². The number of benzene rings is 4. The third kappa shape index (κ3) is 6.23. The van der Waals surface area contributed by atoms with E-state index in [0.717, 1.165) is 23.0 Å². The molecule has 7 atom stereocenters. The van der Waals surface area contributed by atoms with E-state index >= 15 is 0 Å². The van der Waals surface area contributed by atoms with Crippen LogP contribution < -0.4 is 4.46 Å². The Morgan fingerprint density at radius 2 is 1.21 bits per heavy atom. The van der Waals surface area contributed by atoms with Crippen LogP contribution in [0.15, 0.2) is 115 Å². The molecule has 3 fully saturated rings. The van der Waals surface area contributed by atoms with Crippen LogP contribution in [-0.2, 0) is 30.2 Å². The summed E-state index contributed by atoms with van der Waals surface area (Å²) in [7, 11) is 1.81. The van der Waals surface area contributed by atoms with Gasteiger partial charge in [0.2, 0.25) is 0 Å². The molecule has 43 heavy (non-hydrogen) atoms. The topological polar surface area (TPSA) is 49.4 Å². The Morgan fingerprint density at radius 1 is 0.698 bits per heavy atom. The van der Waals surface area contributed by atoms with Crippen LogP contribution in [0.25, 0.3) is 0 Å². The second kappa shape index (κ2) is 13.4. The Morgan fingerprint density at radius 3 is 1.77 bits per heavy atom. The van der Waals surface area contributed by atoms with Gasteiger partial charge >= 0.3 is 261 Å². The van der Waals surface area contributed by atoms with Crippen LogP contribution in [0.3, 0.4) is 0 Å². The van der Waals surface area contributed by atoms with Gasteiger partial charge in [-0.15, -0.1) is 0 Å². The van der Waals surface area contributed by atoms with Crippen LogP contribution in [0.2, 0.25) is 5.32 Å². The second-order valence-corrected chi connectivity index (χ2v) is 13.4. The molecule has 0 radical (unpaired) electrons. The van der Waals surface area contributed by atoms with Crippen molar-refractivity contribution in [2.75, 3.05) is 20.3 Å². The predicted molar refractivity (Wildman–Crippen MR) is 166 cm³/mol. The number of nitrogens with zero attached hydrogens (tertiary/aromatic N) is 1. The van der Waals surface area contributed by atoms with Gasteiger partial charge in [0.05, 0.1) is 0 Å². The molecule has 0 aliphatic carbocycles. The van der Waals surface area contributed by atoms with Crippen molar-refractivity contribution in [2.24, 2.45) is 0 Å². The first-order valence-corrected chi connectivity index (χ1v) is 17.0. The van der Waals surface area contributed by atoms with E-state index < -0.39 is 12.6 Å². The van der Waals surface area contributed by atoms with Crippen molar-refractivity contribution < 1.29 is 23.7 Å². The van der Waals surface area contributed by atoms with Gasteiger partial charge in [0.1, 0.15) is 0 Å². The fourth-order valence-corrected chi connectivity index (χ4v) is 8.84. The monoisotopic (exact) mass is 643 g/mol. The molecule has 0 aromatic heterocycles. The van der Waals surface area contributed by atoms with Gasteiger partial charge in [-0.1, -0.05) is 0 Å². The van der Waals surface area contributed by atoms with E-state index in [9.17, 15) is 0 Å². The molecule has 3 heterocycles. The fourth-order valence-electron chi connectivity index (χ4n) is 6.42. The summed E-state index contributed by atoms with van der Waals surface area (Å²) in [4.78, 5) is 2.51. The number of hydrogen-bond acceptors (Lipinski definition) is 6. The van der Waals surface area contributed by atoms with E-state index in [1.807, 2.05) is 43.5 Å². The molecular weight excluding hydrogens is 605 g/mol. The maximum absolute atomic E-state index is 6.73. The Bertz CT molecular complexity index is 1390. The normalized spacial score (nSPS) is 27.7. The van der Waals surface area contributed by atoms with Crippen LogP contribution in [0, 0.1) is 0 Å². The molecule has 6 nitrogen and oxygen atoms in total. The van der Waals surface area contributed by atoms with Gasteiger partial charge in [0.15, 0.2) is 0 Å². The number of rotatable bonds is 9. The Labute approximate surface area is 260 Å². The summed E-state index contributed by atoms with van der Waals surface area (Å²) in [6, 6.07) is 39.8. The van der Waals surface area contributed by atoms with Crippen molar-refractivity contribution >= 4 is 19.4 Å². The van der Waals surface area contributed by atoms with Crippen molar-refractivity contribution in [1.82, 2.24) is 4.90 Å². The van der Waals surface area contributed by atoms with Crippen LogP contribution in [0.1, 0.15) is 40.9 Å². The molecule has 2 unspecified atom stereocenters. The fraction of sp³-hybridized carbons (Fsp3) is 0.333. The van der Waals surface area contributed by atoms with E-state index in [1.54, 1.807) is 0 Å². The first-order valence-electron chi connectivity index (χ1n) is 15.0. The summed E-state index contributed by atoms with van der Waals surface area (Å²) in [5.41, 5.74) is 4.62. The molecule has 0 spiro atoms. The number of ether oxygens (including phenoxy) is 5. The van der Waals surface area contributed by atoms with Crippen molar-refractivity contribution in [3.8, 4) is 0 Å². The van der Waals surface area contributed by atoms with Crippen LogP contribution in [-0.4, -0.2) is 64.5 Å². The summed E-state index contributed by atoms with van der Waals surface area (Å²) in [6.07, 6.45) is -1.01. The van der Waals surface area contributed by atoms with Gasteiger partial charge in [-0.2, -0.15) is 0 Å². The van der Waals surface area contributed by atoms with Gasteiger partial charge in [0, 0.05) is 0 Å². The number of fused-ring (bicyclic) bond motifs is 3. The molecule has 0 N–H and O–H groups in total. The van der Waals surface area contributed by atoms with E-state index in [-0.39, 0.29) is 45.4 Å². The summed E-state index contributed by atoms with van der Waals surface area (Å²) < 4.78 is 33.5. The molecule has 0 saturated carbocycles. The van der Waals surface area contributed by atoms with E-state index in [0.29, 0.717) is 13.2 Å². The predicted octanol–water partition coefficient (Wildman–Crippen LogP) is 5.60. The standard InChI is InChI=1S/C36H37NO5Se/c1-38-31(25-13-5-2-6-14-25)24-43-32-20-12-11-19-28(32)21-37-29-22-39-35(26-15-7-3-8-16-26)41-33(29)34-30(37)23-40-36(42-34)27-17-9-4-10-18-27/h2-20,29-31,33-36H,21-24H2,1H3/t29-,30-,31+,33+,34+,35?,36?/m0/s1. The van der Waals surface area contributed by atoms with Gasteiger partial charge in [-0.3, -0.25) is 0 Å². The van der Waals surface area contributed by atoms with Gasteiger partial charge in [-0.25, -0.2) is 0 Å². The van der Waals surface area contributed by atoms with Crippen molar-refractivity contribution in [1.29, 1.82) is 0 Å². The number of methoxy groups -OCH3 is 1. The third-order valence-corrected chi connectivity index (χ3v) is 11.1. The van der Waals surface area contributed by atoms with Crippen molar-refractivity contribution in [2.45, 2.75) is 54.8 Å². The average molecular weight is 643 g/mol. The summed E-state index contributed by atoms with van der Waals surface area (Å²) >= 11 is 0.238. The Balaban J connectivity index is 1.13. The molecule has 7 rings (SSSR count). The molecule has 0 bridgehead atoms. The molecule has 3 saturated heterocycles. The zero-order valence-electron chi connectivity index (χ0n) is 24.2. The molecule has 3 aliphatic heterocycles. The molecule has 4 aromatic carbocycles. The quantitative estimate of drug-likeness (QED) is 0.222. The average Bonchev–Trinajstić information content (AvgIpc) is 3.39. The van der Waals surface area contributed by atoms with E-state index in [4.69, 9.17) is 23.7 Å².